The Balaban J connectivity index is 0.000000391. The number of halogens is 1. The van der Waals surface area contributed by atoms with Crippen molar-refractivity contribution >= 4 is 39.3 Å². The maximum absolute atomic E-state index is 12.5. The second-order valence-corrected chi connectivity index (χ2v) is 11.8. The zero-order valence-electron chi connectivity index (χ0n) is 25.9. The molecule has 1 fully saturated rings. The van der Waals surface area contributed by atoms with E-state index >= 15 is 0 Å². The summed E-state index contributed by atoms with van der Waals surface area (Å²) in [6, 6.07) is 22.8. The Kier molecular flexibility index (Phi) is 17.2. The zero-order valence-corrected chi connectivity index (χ0v) is 27.5. The minimum atomic E-state index is -0.359. The number of nitrogens with two attached hydrogens (primary N) is 1. The largest absolute Gasteiger partial charge is 0.466 e. The van der Waals surface area contributed by atoms with Crippen LogP contribution in [0.15, 0.2) is 77.3 Å². The fraction of sp³-hybridized carbons (Fsp3) is 0.432. The van der Waals surface area contributed by atoms with Crippen LogP contribution >= 0.6 is 15.9 Å². The molecule has 0 radical (unpaired) electrons. The van der Waals surface area contributed by atoms with Gasteiger partial charge < -0.3 is 15.2 Å². The molecule has 0 heterocycles. The van der Waals surface area contributed by atoms with Gasteiger partial charge in [-0.15, -0.1) is 0 Å². The number of hydrogen-bond donors (Lipinski definition) is 1. The van der Waals surface area contributed by atoms with Crippen LogP contribution in [0.25, 0.3) is 0 Å². The third kappa shape index (κ3) is 12.8. The van der Waals surface area contributed by atoms with E-state index in [-0.39, 0.29) is 25.1 Å². The lowest BCUT2D eigenvalue weighted by Gasteiger charge is -2.30. The summed E-state index contributed by atoms with van der Waals surface area (Å²) in [4.78, 5) is 37.6. The summed E-state index contributed by atoms with van der Waals surface area (Å²) in [5, 5.41) is 0. The van der Waals surface area contributed by atoms with Crippen LogP contribution in [0.5, 0.6) is 0 Å². The van der Waals surface area contributed by atoms with E-state index in [0.29, 0.717) is 43.3 Å². The molecule has 45 heavy (non-hydrogen) atoms. The van der Waals surface area contributed by atoms with Gasteiger partial charge in [0.25, 0.3) is 0 Å². The number of hydrogen-bond acceptors (Lipinski definition) is 7. The van der Waals surface area contributed by atoms with E-state index in [2.05, 4.69) is 27.8 Å². The normalized spacial score (nSPS) is 13.1. The van der Waals surface area contributed by atoms with E-state index in [0.717, 1.165) is 34.3 Å². The average Bonchev–Trinajstić information content (AvgIpc) is 3.33. The first-order valence-electron chi connectivity index (χ1n) is 15.6. The third-order valence-electron chi connectivity index (χ3n) is 7.72. The number of anilines is 1. The minimum absolute atomic E-state index is 0. The summed E-state index contributed by atoms with van der Waals surface area (Å²) in [7, 11) is 0. The first kappa shape index (κ1) is 37.7. The Bertz CT molecular complexity index is 1280. The highest BCUT2D eigenvalue weighted by Gasteiger charge is 2.21. The molecule has 8 heteroatoms. The molecule has 1 saturated carbocycles. The number of esters is 2. The zero-order chi connectivity index (χ0) is 31.7. The van der Waals surface area contributed by atoms with Gasteiger partial charge in [-0.05, 0) is 65.9 Å². The summed E-state index contributed by atoms with van der Waals surface area (Å²) >= 11 is 3.50. The van der Waals surface area contributed by atoms with Gasteiger partial charge in [-0.25, -0.2) is 4.79 Å². The highest BCUT2D eigenvalue weighted by atomic mass is 79.9. The van der Waals surface area contributed by atoms with Gasteiger partial charge in [-0.2, -0.15) is 0 Å². The van der Waals surface area contributed by atoms with Crippen molar-refractivity contribution in [2.45, 2.75) is 85.2 Å². The predicted octanol–water partition coefficient (Wildman–Crippen LogP) is 8.63. The van der Waals surface area contributed by atoms with Crippen molar-refractivity contribution in [3.63, 3.8) is 0 Å². The molecule has 4 rings (SSSR count). The Morgan fingerprint density at radius 2 is 1.36 bits per heavy atom. The number of rotatable bonds is 12. The summed E-state index contributed by atoms with van der Waals surface area (Å²) in [6.07, 6.45) is 8.97. The lowest BCUT2D eigenvalue weighted by molar-refractivity contribution is -0.141. The average molecular weight is 682 g/mol. The van der Waals surface area contributed by atoms with Crippen LogP contribution in [0.3, 0.4) is 0 Å². The van der Waals surface area contributed by atoms with Crippen molar-refractivity contribution < 1.29 is 23.9 Å². The Hall–Kier alpha value is -3.49. The van der Waals surface area contributed by atoms with Crippen molar-refractivity contribution in [2.75, 3.05) is 25.5 Å². The molecular formula is C37H49BrN2O5. The van der Waals surface area contributed by atoms with Crippen LogP contribution in [0, 0.1) is 0 Å². The molecule has 0 atom stereocenters. The molecule has 0 saturated heterocycles. The van der Waals surface area contributed by atoms with Crippen LogP contribution in [0.4, 0.5) is 5.69 Å². The van der Waals surface area contributed by atoms with E-state index in [1.54, 1.807) is 6.07 Å². The molecule has 0 spiro atoms. The molecule has 0 unspecified atom stereocenters. The lowest BCUT2D eigenvalue weighted by atomic mass is 10.0. The van der Waals surface area contributed by atoms with E-state index in [1.807, 2.05) is 66.7 Å². The Labute approximate surface area is 277 Å². The van der Waals surface area contributed by atoms with E-state index in [9.17, 15) is 14.4 Å². The monoisotopic (exact) mass is 680 g/mol. The maximum Gasteiger partial charge on any atom is 0.338 e. The number of ether oxygens (including phenoxy) is 2. The molecule has 1 aliphatic carbocycles. The Morgan fingerprint density at radius 3 is 1.87 bits per heavy atom. The van der Waals surface area contributed by atoms with Crippen molar-refractivity contribution in [1.29, 1.82) is 0 Å². The van der Waals surface area contributed by atoms with Crippen molar-refractivity contribution in [1.82, 2.24) is 4.90 Å². The minimum Gasteiger partial charge on any atom is -0.466 e. The fourth-order valence-electron chi connectivity index (χ4n) is 5.28. The molecule has 0 amide bonds. The second kappa shape index (κ2) is 20.5. The number of benzene rings is 3. The van der Waals surface area contributed by atoms with Gasteiger partial charge in [0, 0.05) is 35.1 Å². The molecule has 0 aromatic heterocycles. The van der Waals surface area contributed by atoms with Crippen molar-refractivity contribution in [3.05, 3.63) is 99.5 Å². The molecule has 0 aliphatic heterocycles. The number of unbranched alkanes of at least 4 members (excludes halogenated alkanes) is 1. The van der Waals surface area contributed by atoms with Crippen LogP contribution in [0.1, 0.15) is 104 Å². The van der Waals surface area contributed by atoms with Crippen LogP contribution in [-0.4, -0.2) is 48.4 Å². The Morgan fingerprint density at radius 1 is 0.822 bits per heavy atom. The van der Waals surface area contributed by atoms with Gasteiger partial charge in [0.2, 0.25) is 0 Å². The first-order chi connectivity index (χ1) is 21.3. The molecule has 244 valence electrons. The molecule has 7 nitrogen and oxygen atoms in total. The predicted molar refractivity (Wildman–Crippen MR) is 185 cm³/mol. The second-order valence-electron chi connectivity index (χ2n) is 11.0. The van der Waals surface area contributed by atoms with Crippen LogP contribution in [0.2, 0.25) is 0 Å². The first-order valence-corrected chi connectivity index (χ1v) is 16.4. The van der Waals surface area contributed by atoms with Gasteiger partial charge in [-0.1, -0.05) is 101 Å². The molecule has 2 N–H and O–H groups in total. The van der Waals surface area contributed by atoms with Gasteiger partial charge in [0.05, 0.1) is 24.5 Å². The molecular weight excluding hydrogens is 632 g/mol. The quantitative estimate of drug-likeness (QED) is 0.0672. The number of carbonyl (C=O) groups is 3. The summed E-state index contributed by atoms with van der Waals surface area (Å²) in [5.74, 6) is -0.579. The number of carbonyl (C=O) groups excluding carboxylic acids is 3. The van der Waals surface area contributed by atoms with E-state index < -0.39 is 0 Å². The molecule has 3 aromatic carbocycles. The summed E-state index contributed by atoms with van der Waals surface area (Å²) in [5.41, 5.74) is 9.94. The van der Waals surface area contributed by atoms with Crippen LogP contribution < -0.4 is 5.73 Å². The van der Waals surface area contributed by atoms with Crippen LogP contribution in [-0.2, 0) is 20.8 Å². The SMILES string of the molecule is C.CCN(Cc1cc(C(=O)OCCCCOC(C)=O)cc(Br)c1N)C1CCCCCC1.O=C(c1ccccc1)c1ccccc1. The number of ketones is 1. The number of nitrogens with zero attached hydrogens (tertiary/aromatic N) is 1. The third-order valence-corrected chi connectivity index (χ3v) is 8.38. The molecule has 3 aromatic rings. The van der Waals surface area contributed by atoms with Gasteiger partial charge in [0.15, 0.2) is 5.78 Å². The van der Waals surface area contributed by atoms with Crippen molar-refractivity contribution in [3.8, 4) is 0 Å². The molecule has 1 aliphatic rings. The van der Waals surface area contributed by atoms with E-state index in [4.69, 9.17) is 15.2 Å². The lowest BCUT2D eigenvalue weighted by Crippen LogP contribution is -2.34. The highest BCUT2D eigenvalue weighted by molar-refractivity contribution is 9.10. The number of nitrogen functional groups attached to an aromatic ring is 1. The summed E-state index contributed by atoms with van der Waals surface area (Å²) < 4.78 is 11.0. The highest BCUT2D eigenvalue weighted by Crippen LogP contribution is 2.29. The topological polar surface area (TPSA) is 98.9 Å². The smallest absolute Gasteiger partial charge is 0.338 e. The van der Waals surface area contributed by atoms with Gasteiger partial charge >= 0.3 is 11.9 Å². The fourth-order valence-corrected chi connectivity index (χ4v) is 5.78. The summed E-state index contributed by atoms with van der Waals surface area (Å²) in [6.45, 7) is 5.89. The molecule has 0 bridgehead atoms. The standard InChI is InChI=1S/C23H35BrN2O4.C13H10O.CH4/c1-3-26(20-10-6-4-5-7-11-20)16-19-14-18(15-21(24)22(19)25)23(28)30-13-9-8-12-29-17(2)27;14-13(11-7-3-1-4-8-11)12-9-5-2-6-10-12;/h14-15,20H,3-13,16,25H2,1-2H3;1-10H;1H4. The van der Waals surface area contributed by atoms with E-state index in [1.165, 1.54) is 45.4 Å². The van der Waals surface area contributed by atoms with Crippen molar-refractivity contribution in [2.24, 2.45) is 0 Å². The van der Waals surface area contributed by atoms with Gasteiger partial charge in [-0.3, -0.25) is 14.5 Å². The maximum atomic E-state index is 12.5. The van der Waals surface area contributed by atoms with Gasteiger partial charge in [0.1, 0.15) is 0 Å².